The van der Waals surface area contributed by atoms with Crippen molar-refractivity contribution < 1.29 is 24.0 Å². The highest BCUT2D eigenvalue weighted by Gasteiger charge is 2.33. The summed E-state index contributed by atoms with van der Waals surface area (Å²) in [7, 11) is 0. The van der Waals surface area contributed by atoms with Gasteiger partial charge < -0.3 is 9.47 Å². The van der Waals surface area contributed by atoms with Gasteiger partial charge in [-0.25, -0.2) is 0 Å². The molecular formula is C24H24N2O6S. The number of hydrogen-bond donors (Lipinski definition) is 0. The molecule has 0 aromatic heterocycles. The highest BCUT2D eigenvalue weighted by molar-refractivity contribution is 8.18. The normalized spacial score (nSPS) is 14.6. The summed E-state index contributed by atoms with van der Waals surface area (Å²) in [4.78, 5) is 36.4. The Hall–Kier alpha value is -3.59. The van der Waals surface area contributed by atoms with E-state index in [0.29, 0.717) is 41.5 Å². The highest BCUT2D eigenvalue weighted by atomic mass is 32.2. The molecule has 2 amide bonds. The van der Waals surface area contributed by atoms with Crippen molar-refractivity contribution in [3.63, 3.8) is 0 Å². The lowest BCUT2D eigenvalue weighted by molar-refractivity contribution is -0.384. The van der Waals surface area contributed by atoms with Crippen LogP contribution >= 0.6 is 11.8 Å². The minimum Gasteiger partial charge on any atom is -0.490 e. The molecule has 0 radical (unpaired) electrons. The number of allylic oxidation sites excluding steroid dienone is 1. The number of carbonyl (C=O) groups is 2. The number of nitro groups is 1. The van der Waals surface area contributed by atoms with E-state index in [4.69, 9.17) is 9.47 Å². The number of rotatable bonds is 10. The first-order valence-corrected chi connectivity index (χ1v) is 11.2. The number of carbonyl (C=O) groups excluding carboxylic acids is 2. The lowest BCUT2D eigenvalue weighted by Gasteiger charge is -2.17. The van der Waals surface area contributed by atoms with Gasteiger partial charge in [0.1, 0.15) is 6.61 Å². The van der Waals surface area contributed by atoms with Crippen LogP contribution in [0.1, 0.15) is 30.5 Å². The van der Waals surface area contributed by atoms with Gasteiger partial charge in [-0.2, -0.15) is 0 Å². The molecule has 0 aliphatic carbocycles. The Morgan fingerprint density at radius 1 is 1.15 bits per heavy atom. The molecule has 3 rings (SSSR count). The van der Waals surface area contributed by atoms with Gasteiger partial charge in [-0.15, -0.1) is 6.58 Å². The van der Waals surface area contributed by atoms with Crippen molar-refractivity contribution in [2.45, 2.75) is 26.9 Å². The number of nitro benzene ring substituents is 1. The van der Waals surface area contributed by atoms with E-state index in [-0.39, 0.29) is 23.4 Å². The molecule has 0 spiro atoms. The van der Waals surface area contributed by atoms with Crippen LogP contribution in [0.5, 0.6) is 11.5 Å². The molecule has 1 fully saturated rings. The lowest BCUT2D eigenvalue weighted by atomic mass is 10.0. The van der Waals surface area contributed by atoms with Gasteiger partial charge in [-0.1, -0.05) is 6.08 Å². The molecule has 0 bridgehead atoms. The Morgan fingerprint density at radius 2 is 1.88 bits per heavy atom. The van der Waals surface area contributed by atoms with E-state index in [1.54, 1.807) is 37.3 Å². The van der Waals surface area contributed by atoms with Crippen LogP contribution in [-0.2, 0) is 17.8 Å². The first-order valence-electron chi connectivity index (χ1n) is 10.4. The molecule has 1 aliphatic heterocycles. The largest absolute Gasteiger partial charge is 0.490 e. The number of thioether (sulfide) groups is 1. The van der Waals surface area contributed by atoms with E-state index < -0.39 is 4.92 Å². The van der Waals surface area contributed by atoms with E-state index in [2.05, 4.69) is 6.58 Å². The Morgan fingerprint density at radius 3 is 2.45 bits per heavy atom. The van der Waals surface area contributed by atoms with Crippen molar-refractivity contribution in [1.29, 1.82) is 0 Å². The SMILES string of the molecule is C=CCc1cc(/C=C2/SC(=O)N(CC)C2=O)cc(OCC)c1OCc1ccc([N+](=O)[O-])cc1. The van der Waals surface area contributed by atoms with Crippen LogP contribution in [0.3, 0.4) is 0 Å². The number of imide groups is 1. The number of benzene rings is 2. The molecule has 1 aliphatic rings. The van der Waals surface area contributed by atoms with Crippen LogP contribution in [0.15, 0.2) is 54.0 Å². The molecule has 1 saturated heterocycles. The first kappa shape index (κ1) is 24.1. The summed E-state index contributed by atoms with van der Waals surface area (Å²) in [5, 5.41) is 10.6. The van der Waals surface area contributed by atoms with Crippen molar-refractivity contribution in [2.75, 3.05) is 13.2 Å². The molecular weight excluding hydrogens is 444 g/mol. The number of hydrogen-bond acceptors (Lipinski definition) is 7. The van der Waals surface area contributed by atoms with Crippen LogP contribution in [0.4, 0.5) is 10.5 Å². The van der Waals surface area contributed by atoms with Crippen LogP contribution in [-0.4, -0.2) is 34.1 Å². The third kappa shape index (κ3) is 5.61. The fourth-order valence-electron chi connectivity index (χ4n) is 3.29. The van der Waals surface area contributed by atoms with Crippen LogP contribution in [0.2, 0.25) is 0 Å². The zero-order chi connectivity index (χ0) is 24.0. The summed E-state index contributed by atoms with van der Waals surface area (Å²) in [6.07, 6.45) is 3.90. The first-order chi connectivity index (χ1) is 15.9. The molecule has 0 unspecified atom stereocenters. The molecule has 172 valence electrons. The second-order valence-electron chi connectivity index (χ2n) is 7.07. The molecule has 2 aromatic carbocycles. The Kier molecular flexibility index (Phi) is 7.89. The summed E-state index contributed by atoms with van der Waals surface area (Å²) < 4.78 is 11.9. The number of likely N-dealkylation sites (N-methyl/N-ethyl adjacent to an activating group) is 1. The zero-order valence-electron chi connectivity index (χ0n) is 18.4. The van der Waals surface area contributed by atoms with Crippen LogP contribution in [0, 0.1) is 10.1 Å². The van der Waals surface area contributed by atoms with Gasteiger partial charge in [0.15, 0.2) is 11.5 Å². The Balaban J connectivity index is 1.92. The molecule has 0 saturated carbocycles. The molecule has 0 N–H and O–H groups in total. The lowest BCUT2D eigenvalue weighted by Crippen LogP contribution is -2.27. The van der Waals surface area contributed by atoms with Crippen molar-refractivity contribution in [3.05, 3.63) is 80.8 Å². The van der Waals surface area contributed by atoms with Crippen molar-refractivity contribution in [2.24, 2.45) is 0 Å². The van der Waals surface area contributed by atoms with Gasteiger partial charge in [0.25, 0.3) is 16.8 Å². The number of amides is 2. The van der Waals surface area contributed by atoms with Crippen molar-refractivity contribution >= 4 is 34.7 Å². The average molecular weight is 469 g/mol. The maximum absolute atomic E-state index is 12.5. The van der Waals surface area contributed by atoms with Gasteiger partial charge in [0.2, 0.25) is 0 Å². The Labute approximate surface area is 196 Å². The molecule has 33 heavy (non-hydrogen) atoms. The predicted molar refractivity (Wildman–Crippen MR) is 127 cm³/mol. The van der Waals surface area contributed by atoms with E-state index >= 15 is 0 Å². The minimum atomic E-state index is -0.450. The second kappa shape index (κ2) is 10.8. The zero-order valence-corrected chi connectivity index (χ0v) is 19.2. The van der Waals surface area contributed by atoms with E-state index in [1.807, 2.05) is 13.0 Å². The number of ether oxygens (including phenoxy) is 2. The highest BCUT2D eigenvalue weighted by Crippen LogP contribution is 2.37. The van der Waals surface area contributed by atoms with Gasteiger partial charge in [-0.3, -0.25) is 24.6 Å². The molecule has 8 nitrogen and oxygen atoms in total. The van der Waals surface area contributed by atoms with Gasteiger partial charge in [-0.05, 0) is 73.5 Å². The Bertz CT molecular complexity index is 1110. The van der Waals surface area contributed by atoms with Gasteiger partial charge in [0.05, 0.1) is 16.4 Å². The van der Waals surface area contributed by atoms with Gasteiger partial charge >= 0.3 is 0 Å². The average Bonchev–Trinajstić information content (AvgIpc) is 3.06. The number of nitrogens with zero attached hydrogens (tertiary/aromatic N) is 2. The fraction of sp³-hybridized carbons (Fsp3) is 0.250. The third-order valence-electron chi connectivity index (χ3n) is 4.84. The summed E-state index contributed by atoms with van der Waals surface area (Å²) in [6.45, 7) is 8.33. The summed E-state index contributed by atoms with van der Waals surface area (Å²) in [6, 6.07) is 9.78. The predicted octanol–water partition coefficient (Wildman–Crippen LogP) is 5.36. The van der Waals surface area contributed by atoms with Crippen LogP contribution in [0.25, 0.3) is 6.08 Å². The van der Waals surface area contributed by atoms with E-state index in [0.717, 1.165) is 22.9 Å². The van der Waals surface area contributed by atoms with E-state index in [9.17, 15) is 19.7 Å². The maximum atomic E-state index is 12.5. The van der Waals surface area contributed by atoms with Crippen molar-refractivity contribution in [1.82, 2.24) is 4.90 Å². The summed E-state index contributed by atoms with van der Waals surface area (Å²) in [5.41, 5.74) is 2.29. The molecule has 9 heteroatoms. The topological polar surface area (TPSA) is 99.0 Å². The second-order valence-corrected chi connectivity index (χ2v) is 8.06. The fourth-order valence-corrected chi connectivity index (χ4v) is 4.20. The van der Waals surface area contributed by atoms with Crippen molar-refractivity contribution in [3.8, 4) is 11.5 Å². The quantitative estimate of drug-likeness (QED) is 0.200. The number of non-ortho nitro benzene ring substituents is 1. The standard InChI is InChI=1S/C24H24N2O6S/c1-4-7-18-12-17(14-21-23(27)25(5-2)24(28)33-21)13-20(31-6-3)22(18)32-15-16-8-10-19(11-9-16)26(29)30/h4,8-14H,1,5-7,15H2,2-3H3/b21-14+. The van der Waals surface area contributed by atoms with Crippen LogP contribution < -0.4 is 9.47 Å². The van der Waals surface area contributed by atoms with Gasteiger partial charge in [0, 0.05) is 24.2 Å². The molecule has 0 atom stereocenters. The molecule has 2 aromatic rings. The summed E-state index contributed by atoms with van der Waals surface area (Å²) >= 11 is 0.913. The molecule has 1 heterocycles. The van der Waals surface area contributed by atoms with E-state index in [1.165, 1.54) is 17.0 Å². The maximum Gasteiger partial charge on any atom is 0.293 e. The smallest absolute Gasteiger partial charge is 0.293 e. The monoisotopic (exact) mass is 468 g/mol. The minimum absolute atomic E-state index is 0.0120. The summed E-state index contributed by atoms with van der Waals surface area (Å²) in [5.74, 6) is 0.725. The third-order valence-corrected chi connectivity index (χ3v) is 5.74.